The monoisotopic (exact) mass is 640 g/mol. The van der Waals surface area contributed by atoms with Crippen molar-refractivity contribution in [1.29, 1.82) is 0 Å². The van der Waals surface area contributed by atoms with E-state index in [1.807, 2.05) is 6.08 Å². The Morgan fingerprint density at radius 1 is 0.891 bits per heavy atom. The van der Waals surface area contributed by atoms with E-state index in [9.17, 15) is 34.3 Å². The normalized spacial score (nSPS) is 28.5. The summed E-state index contributed by atoms with van der Waals surface area (Å²) in [5, 5.41) is 30.0. The average Bonchev–Trinajstić information content (AvgIpc) is 3.42. The number of allylic oxidation sites excluding steroid dienone is 2. The van der Waals surface area contributed by atoms with Crippen molar-refractivity contribution in [3.8, 4) is 11.5 Å². The third kappa shape index (κ3) is 4.18. The summed E-state index contributed by atoms with van der Waals surface area (Å²) in [6, 6.07) is 17.8. The van der Waals surface area contributed by atoms with Crippen molar-refractivity contribution >= 4 is 59.2 Å². The molecule has 0 unspecified atom stereocenters. The minimum absolute atomic E-state index is 0.00634. The maximum Gasteiger partial charge on any atom is 0.488 e. The number of methoxy groups -OCH3 is 1. The number of carbonyl (C=O) groups is 4. The van der Waals surface area contributed by atoms with Crippen molar-refractivity contribution < 1.29 is 39.1 Å². The Balaban J connectivity index is 1.38. The third-order valence-electron chi connectivity index (χ3n) is 10.3. The molecule has 10 nitrogen and oxygen atoms in total. The van der Waals surface area contributed by atoms with Crippen LogP contribution < -0.4 is 20.0 Å². The van der Waals surface area contributed by atoms with Crippen molar-refractivity contribution in [3.63, 3.8) is 0 Å². The van der Waals surface area contributed by atoms with Crippen molar-refractivity contribution in [2.24, 2.45) is 29.1 Å². The molecule has 234 valence electrons. The first-order valence-corrected chi connectivity index (χ1v) is 15.4. The number of benzene rings is 3. The fourth-order valence-corrected chi connectivity index (χ4v) is 8.43. The van der Waals surface area contributed by atoms with Crippen LogP contribution in [0.3, 0.4) is 0 Å². The number of phenols is 1. The molecule has 7 rings (SSSR count). The van der Waals surface area contributed by atoms with Gasteiger partial charge in [-0.25, -0.2) is 4.90 Å². The van der Waals surface area contributed by atoms with Crippen LogP contribution in [0.5, 0.6) is 11.5 Å². The van der Waals surface area contributed by atoms with E-state index in [1.165, 1.54) is 24.1 Å². The molecule has 3 aromatic carbocycles. The van der Waals surface area contributed by atoms with Gasteiger partial charge >= 0.3 is 7.12 Å². The number of ether oxygens (including phenoxy) is 1. The minimum atomic E-state index is -1.78. The quantitative estimate of drug-likeness (QED) is 0.219. The molecular weight excluding hydrogens is 611 g/mol. The molecular formula is C34H30BClN2O8. The maximum atomic E-state index is 14.5. The Hall–Kier alpha value is -4.45. The molecule has 3 aromatic rings. The van der Waals surface area contributed by atoms with Crippen molar-refractivity contribution in [2.75, 3.05) is 16.9 Å². The minimum Gasteiger partial charge on any atom is -0.503 e. The van der Waals surface area contributed by atoms with Gasteiger partial charge in [0.25, 0.3) is 0 Å². The van der Waals surface area contributed by atoms with Gasteiger partial charge in [0.05, 0.1) is 46.7 Å². The molecule has 12 heteroatoms. The molecule has 46 heavy (non-hydrogen) atoms. The molecule has 6 atom stereocenters. The van der Waals surface area contributed by atoms with E-state index in [0.29, 0.717) is 11.3 Å². The number of halogens is 1. The Kier molecular flexibility index (Phi) is 7.11. The number of imide groups is 2. The van der Waals surface area contributed by atoms with E-state index in [1.54, 1.807) is 61.5 Å². The Labute approximate surface area is 270 Å². The van der Waals surface area contributed by atoms with E-state index >= 15 is 0 Å². The van der Waals surface area contributed by atoms with Gasteiger partial charge in [0.15, 0.2) is 11.5 Å². The van der Waals surface area contributed by atoms with Gasteiger partial charge < -0.3 is 19.9 Å². The zero-order valence-corrected chi connectivity index (χ0v) is 25.7. The molecule has 3 fully saturated rings. The highest BCUT2D eigenvalue weighted by Crippen LogP contribution is 2.64. The van der Waals surface area contributed by atoms with E-state index in [0.717, 1.165) is 10.5 Å². The molecule has 4 amide bonds. The van der Waals surface area contributed by atoms with Gasteiger partial charge in [-0.2, -0.15) is 0 Å². The third-order valence-corrected chi connectivity index (χ3v) is 10.6. The molecule has 0 bridgehead atoms. The van der Waals surface area contributed by atoms with Gasteiger partial charge in [-0.3, -0.25) is 24.1 Å². The van der Waals surface area contributed by atoms with Crippen LogP contribution in [0, 0.1) is 29.1 Å². The average molecular weight is 641 g/mol. The lowest BCUT2D eigenvalue weighted by atomic mass is 9.51. The number of hydrogen-bond acceptors (Lipinski definition) is 8. The van der Waals surface area contributed by atoms with E-state index in [2.05, 4.69) is 0 Å². The second-order valence-electron chi connectivity index (χ2n) is 12.5. The first kappa shape index (κ1) is 30.2. The van der Waals surface area contributed by atoms with E-state index in [-0.39, 0.29) is 46.4 Å². The molecule has 1 saturated carbocycles. The number of rotatable bonds is 5. The summed E-state index contributed by atoms with van der Waals surface area (Å²) in [6.45, 7) is 1.77. The Morgan fingerprint density at radius 3 is 2.30 bits per heavy atom. The zero-order chi connectivity index (χ0) is 32.7. The summed E-state index contributed by atoms with van der Waals surface area (Å²) in [7, 11) is -0.398. The van der Waals surface area contributed by atoms with Gasteiger partial charge in [0.1, 0.15) is 0 Å². The van der Waals surface area contributed by atoms with E-state index < -0.39 is 59.8 Å². The molecule has 0 aromatic heterocycles. The summed E-state index contributed by atoms with van der Waals surface area (Å²) in [5.74, 6) is -5.46. The summed E-state index contributed by atoms with van der Waals surface area (Å²) in [6.07, 6.45) is 2.31. The van der Waals surface area contributed by atoms with Crippen molar-refractivity contribution in [3.05, 3.63) is 89.0 Å². The Morgan fingerprint density at radius 2 is 1.61 bits per heavy atom. The summed E-state index contributed by atoms with van der Waals surface area (Å²) >= 11 is 6.47. The van der Waals surface area contributed by atoms with Crippen molar-refractivity contribution in [1.82, 2.24) is 0 Å². The fraction of sp³-hybridized carbons (Fsp3) is 0.294. The lowest BCUT2D eigenvalue weighted by Gasteiger charge is -2.49. The standard InChI is InChI=1S/C34H30BClN2O8/c1-34-24(31(41)38(33(34)43)19-8-4-3-5-9-19)16-23-21(28(34)17-13-25(36)29(39)26(14-17)46-2)11-12-22-27(23)32(42)37(30(22)40)20-10-6-7-18(15-20)35(44)45/h3-11,13-15,22-24,27-28,39,44-45H,12,16H2,1-2H3/t22-,23+,24-,27-,28-,34+/m0/s1. The predicted octanol–water partition coefficient (Wildman–Crippen LogP) is 3.17. The van der Waals surface area contributed by atoms with Crippen LogP contribution in [-0.4, -0.2) is 53.0 Å². The number of phenolic OH excluding ortho intramolecular Hbond substituents is 1. The molecule has 4 aliphatic rings. The molecule has 2 aliphatic heterocycles. The summed E-state index contributed by atoms with van der Waals surface area (Å²) < 4.78 is 5.41. The van der Waals surface area contributed by atoms with Crippen LogP contribution >= 0.6 is 11.6 Å². The van der Waals surface area contributed by atoms with Gasteiger partial charge in [-0.15, -0.1) is 0 Å². The van der Waals surface area contributed by atoms with Crippen LogP contribution in [0.1, 0.15) is 31.2 Å². The van der Waals surface area contributed by atoms with E-state index in [4.69, 9.17) is 16.3 Å². The number of nitrogens with zero attached hydrogens (tertiary/aromatic N) is 2. The van der Waals surface area contributed by atoms with Crippen LogP contribution in [0.25, 0.3) is 0 Å². The number of amides is 4. The summed E-state index contributed by atoms with van der Waals surface area (Å²) in [5.41, 5.74) is 0.802. The smallest absolute Gasteiger partial charge is 0.488 e. The first-order chi connectivity index (χ1) is 22.0. The van der Waals surface area contributed by atoms with Crippen LogP contribution in [-0.2, 0) is 19.2 Å². The molecule has 2 heterocycles. The Bertz CT molecular complexity index is 1850. The highest BCUT2D eigenvalue weighted by Gasteiger charge is 2.67. The van der Waals surface area contributed by atoms with Gasteiger partial charge in [0, 0.05) is 5.92 Å². The second-order valence-corrected chi connectivity index (χ2v) is 12.9. The number of carbonyl (C=O) groups excluding carboxylic acids is 4. The molecule has 2 saturated heterocycles. The van der Waals surface area contributed by atoms with Crippen molar-refractivity contribution in [2.45, 2.75) is 25.7 Å². The zero-order valence-electron chi connectivity index (χ0n) is 25.0. The molecule has 0 spiro atoms. The van der Waals surface area contributed by atoms with Crippen LogP contribution in [0.4, 0.5) is 11.4 Å². The topological polar surface area (TPSA) is 145 Å². The lowest BCUT2D eigenvalue weighted by molar-refractivity contribution is -0.131. The largest absolute Gasteiger partial charge is 0.503 e. The number of aromatic hydroxyl groups is 1. The molecule has 2 aliphatic carbocycles. The second kappa shape index (κ2) is 10.8. The fourth-order valence-electron chi connectivity index (χ4n) is 8.21. The number of hydrogen-bond donors (Lipinski definition) is 3. The summed E-state index contributed by atoms with van der Waals surface area (Å²) in [4.78, 5) is 59.1. The maximum absolute atomic E-state index is 14.5. The molecule has 0 radical (unpaired) electrons. The number of fused-ring (bicyclic) bond motifs is 4. The van der Waals surface area contributed by atoms with Crippen LogP contribution in [0.2, 0.25) is 5.02 Å². The predicted molar refractivity (Wildman–Crippen MR) is 169 cm³/mol. The van der Waals surface area contributed by atoms with Crippen LogP contribution in [0.15, 0.2) is 78.4 Å². The molecule has 3 N–H and O–H groups in total. The SMILES string of the molecule is COc1cc([C@H]2C3=CC[C@@H]4C(=O)N(c5cccc(B(O)O)c5)C(=O)[C@@H]4[C@@H]3C[C@H]3C(=O)N(c4ccccc4)C(=O)[C@@]23C)cc(Cl)c1O. The van der Waals surface area contributed by atoms with Gasteiger partial charge in [-0.05, 0) is 73.1 Å². The number of para-hydroxylation sites is 1. The first-order valence-electron chi connectivity index (χ1n) is 15.0. The van der Waals surface area contributed by atoms with Gasteiger partial charge in [-0.1, -0.05) is 53.6 Å². The highest BCUT2D eigenvalue weighted by atomic mass is 35.5. The number of anilines is 2. The van der Waals surface area contributed by atoms with Gasteiger partial charge in [0.2, 0.25) is 23.6 Å². The highest BCUT2D eigenvalue weighted by molar-refractivity contribution is 6.58. The lowest BCUT2D eigenvalue weighted by Crippen LogP contribution is -2.48.